The molecule has 6 heteroatoms. The number of halogens is 1. The van der Waals surface area contributed by atoms with Crippen molar-refractivity contribution < 1.29 is 0 Å². The van der Waals surface area contributed by atoms with Gasteiger partial charge in [0.15, 0.2) is 0 Å². The van der Waals surface area contributed by atoms with E-state index in [0.29, 0.717) is 11.0 Å². The minimum Gasteiger partial charge on any atom is -0.271 e. The topological polar surface area (TPSA) is 63.6 Å². The predicted octanol–water partition coefficient (Wildman–Crippen LogP) is 1.87. The van der Waals surface area contributed by atoms with E-state index in [1.54, 1.807) is 0 Å². The first kappa shape index (κ1) is 10.2. The molecule has 84 valence electrons. The highest BCUT2D eigenvalue weighted by atomic mass is 79.9. The second-order valence-corrected chi connectivity index (χ2v) is 4.44. The Hall–Kier alpha value is -1.95. The first-order valence-electron chi connectivity index (χ1n) is 4.92. The summed E-state index contributed by atoms with van der Waals surface area (Å²) in [4.78, 5) is 16.3. The first-order chi connectivity index (χ1) is 8.25. The molecule has 1 aromatic carbocycles. The quantitative estimate of drug-likeness (QED) is 0.744. The molecule has 0 fully saturated rings. The van der Waals surface area contributed by atoms with Gasteiger partial charge in [-0.1, -0.05) is 15.9 Å². The first-order valence-corrected chi connectivity index (χ1v) is 5.72. The molecule has 0 unspecified atom stereocenters. The van der Waals surface area contributed by atoms with E-state index in [0.717, 1.165) is 10.2 Å². The largest absolute Gasteiger partial charge is 0.283 e. The Morgan fingerprint density at radius 1 is 1.24 bits per heavy atom. The van der Waals surface area contributed by atoms with Crippen LogP contribution in [0.15, 0.2) is 46.1 Å². The smallest absolute Gasteiger partial charge is 0.271 e. The van der Waals surface area contributed by atoms with Crippen molar-refractivity contribution >= 4 is 27.0 Å². The highest BCUT2D eigenvalue weighted by molar-refractivity contribution is 9.10. The van der Waals surface area contributed by atoms with Crippen molar-refractivity contribution in [2.45, 2.75) is 0 Å². The normalized spacial score (nSPS) is 10.9. The molecule has 3 rings (SSSR count). The van der Waals surface area contributed by atoms with E-state index in [4.69, 9.17) is 0 Å². The number of nitrogens with one attached hydrogen (secondary N) is 1. The number of rotatable bonds is 1. The Balaban J connectivity index is 2.27. The molecule has 17 heavy (non-hydrogen) atoms. The van der Waals surface area contributed by atoms with Crippen LogP contribution in [-0.2, 0) is 0 Å². The molecule has 2 heterocycles. The number of benzene rings is 1. The maximum Gasteiger partial charge on any atom is 0.283 e. The molecule has 5 nitrogen and oxygen atoms in total. The van der Waals surface area contributed by atoms with Gasteiger partial charge in [0.05, 0.1) is 11.9 Å². The fourth-order valence-electron chi connectivity index (χ4n) is 1.61. The average molecular weight is 291 g/mol. The highest BCUT2D eigenvalue weighted by Crippen LogP contribution is 2.13. The fraction of sp³-hybridized carbons (Fsp3) is 0. The van der Waals surface area contributed by atoms with Gasteiger partial charge in [-0.25, -0.2) is 4.98 Å². The van der Waals surface area contributed by atoms with Crippen LogP contribution in [0.4, 0.5) is 0 Å². The summed E-state index contributed by atoms with van der Waals surface area (Å²) in [6.07, 6.45) is 3.03. The minimum atomic E-state index is -0.158. The molecule has 0 bridgehead atoms. The summed E-state index contributed by atoms with van der Waals surface area (Å²) in [5, 5.41) is 6.46. The van der Waals surface area contributed by atoms with Crippen LogP contribution in [0.2, 0.25) is 0 Å². The molecule has 3 aromatic rings. The summed E-state index contributed by atoms with van der Waals surface area (Å²) >= 11 is 3.35. The summed E-state index contributed by atoms with van der Waals surface area (Å²) in [6, 6.07) is 7.43. The fourth-order valence-corrected chi connectivity index (χ4v) is 1.88. The average Bonchev–Trinajstić information content (AvgIpc) is 2.80. The zero-order chi connectivity index (χ0) is 11.8. The zero-order valence-corrected chi connectivity index (χ0v) is 10.2. The Morgan fingerprint density at radius 2 is 2.00 bits per heavy atom. The summed E-state index contributed by atoms with van der Waals surface area (Å²) in [7, 11) is 0. The number of H-pyrrole nitrogens is 1. The summed E-state index contributed by atoms with van der Waals surface area (Å²) < 4.78 is 2.44. The molecular formula is C11H7BrN4O. The van der Waals surface area contributed by atoms with Gasteiger partial charge >= 0.3 is 0 Å². The van der Waals surface area contributed by atoms with Gasteiger partial charge < -0.3 is 0 Å². The van der Waals surface area contributed by atoms with Gasteiger partial charge in [0.25, 0.3) is 5.56 Å². The lowest BCUT2D eigenvalue weighted by Gasteiger charge is -2.04. The monoisotopic (exact) mass is 290 g/mol. The second-order valence-electron chi connectivity index (χ2n) is 3.53. The Morgan fingerprint density at radius 3 is 2.76 bits per heavy atom. The highest BCUT2D eigenvalue weighted by Gasteiger charge is 2.06. The molecule has 0 saturated carbocycles. The predicted molar refractivity (Wildman–Crippen MR) is 67.2 cm³/mol. The lowest BCUT2D eigenvalue weighted by Crippen LogP contribution is -2.18. The van der Waals surface area contributed by atoms with Crippen LogP contribution in [-0.4, -0.2) is 19.7 Å². The summed E-state index contributed by atoms with van der Waals surface area (Å²) in [5.74, 6) is 0. The van der Waals surface area contributed by atoms with Crippen LogP contribution in [0.25, 0.3) is 16.7 Å². The van der Waals surface area contributed by atoms with Crippen molar-refractivity contribution in [2.24, 2.45) is 0 Å². The number of aromatic amines is 1. The van der Waals surface area contributed by atoms with Gasteiger partial charge in [0.1, 0.15) is 17.4 Å². The Labute approximate surface area is 104 Å². The third-order valence-corrected chi connectivity index (χ3v) is 3.00. The molecule has 0 saturated heterocycles. The van der Waals surface area contributed by atoms with E-state index in [1.165, 1.54) is 17.1 Å². The van der Waals surface area contributed by atoms with Crippen molar-refractivity contribution in [3.8, 4) is 5.69 Å². The van der Waals surface area contributed by atoms with Gasteiger partial charge in [-0.05, 0) is 24.3 Å². The standard InChI is InChI=1S/C11H7BrN4O/c12-7-1-3-8(4-2-7)16-6-13-9-5-14-15-10(9)11(16)17/h1-6H,(H,14,15). The number of hydrogen-bond donors (Lipinski definition) is 1. The van der Waals surface area contributed by atoms with Crippen molar-refractivity contribution in [1.82, 2.24) is 19.7 Å². The number of hydrogen-bond acceptors (Lipinski definition) is 3. The van der Waals surface area contributed by atoms with Gasteiger partial charge in [-0.15, -0.1) is 0 Å². The molecule has 0 atom stereocenters. The van der Waals surface area contributed by atoms with E-state index in [2.05, 4.69) is 31.1 Å². The third kappa shape index (κ3) is 1.66. The van der Waals surface area contributed by atoms with Gasteiger partial charge in [0.2, 0.25) is 0 Å². The van der Waals surface area contributed by atoms with Crippen LogP contribution < -0.4 is 5.56 Å². The van der Waals surface area contributed by atoms with Crippen LogP contribution in [0.5, 0.6) is 0 Å². The molecule has 1 N–H and O–H groups in total. The van der Waals surface area contributed by atoms with Crippen molar-refractivity contribution in [3.63, 3.8) is 0 Å². The van der Waals surface area contributed by atoms with Crippen LogP contribution in [0.3, 0.4) is 0 Å². The molecule has 0 aliphatic rings. The molecule has 0 aliphatic carbocycles. The molecule has 0 radical (unpaired) electrons. The summed E-state index contributed by atoms with van der Waals surface area (Å²) in [6.45, 7) is 0. The molecular weight excluding hydrogens is 284 g/mol. The zero-order valence-electron chi connectivity index (χ0n) is 8.59. The SMILES string of the molecule is O=c1c2[nH]ncc2ncn1-c1ccc(Br)cc1. The Bertz CT molecular complexity index is 729. The van der Waals surface area contributed by atoms with Crippen LogP contribution in [0, 0.1) is 0 Å². The Kier molecular flexibility index (Phi) is 2.29. The van der Waals surface area contributed by atoms with Crippen LogP contribution >= 0.6 is 15.9 Å². The summed E-state index contributed by atoms with van der Waals surface area (Å²) in [5.41, 5.74) is 1.59. The number of nitrogens with zero attached hydrogens (tertiary/aromatic N) is 3. The van der Waals surface area contributed by atoms with E-state index in [-0.39, 0.29) is 5.56 Å². The third-order valence-electron chi connectivity index (χ3n) is 2.47. The molecule has 0 amide bonds. The van der Waals surface area contributed by atoms with Gasteiger partial charge in [-0.2, -0.15) is 5.10 Å². The molecule has 2 aromatic heterocycles. The van der Waals surface area contributed by atoms with Gasteiger partial charge in [0, 0.05) is 4.47 Å². The van der Waals surface area contributed by atoms with E-state index in [9.17, 15) is 4.79 Å². The maximum absolute atomic E-state index is 12.1. The van der Waals surface area contributed by atoms with E-state index >= 15 is 0 Å². The van der Waals surface area contributed by atoms with Crippen molar-refractivity contribution in [2.75, 3.05) is 0 Å². The van der Waals surface area contributed by atoms with Gasteiger partial charge in [-0.3, -0.25) is 14.5 Å². The maximum atomic E-state index is 12.1. The van der Waals surface area contributed by atoms with Crippen molar-refractivity contribution in [1.29, 1.82) is 0 Å². The number of aromatic nitrogens is 4. The van der Waals surface area contributed by atoms with E-state index in [1.807, 2.05) is 24.3 Å². The van der Waals surface area contributed by atoms with Crippen molar-refractivity contribution in [3.05, 3.63) is 51.6 Å². The second kappa shape index (κ2) is 3.81. The minimum absolute atomic E-state index is 0.158. The number of fused-ring (bicyclic) bond motifs is 1. The van der Waals surface area contributed by atoms with Crippen LogP contribution in [0.1, 0.15) is 0 Å². The molecule has 0 aliphatic heterocycles. The van der Waals surface area contributed by atoms with E-state index < -0.39 is 0 Å². The lowest BCUT2D eigenvalue weighted by atomic mass is 10.3. The lowest BCUT2D eigenvalue weighted by molar-refractivity contribution is 0.955. The molecule has 0 spiro atoms.